The van der Waals surface area contributed by atoms with Gasteiger partial charge in [0.1, 0.15) is 5.82 Å². The number of halogens is 3. The summed E-state index contributed by atoms with van der Waals surface area (Å²) in [5.41, 5.74) is 9.74. The molecule has 150 valence electrons. The molecule has 0 aliphatic rings. The molecule has 6 heteroatoms. The van der Waals surface area contributed by atoms with Gasteiger partial charge >= 0.3 is 0 Å². The fourth-order valence-electron chi connectivity index (χ4n) is 3.12. The van der Waals surface area contributed by atoms with E-state index in [0.717, 1.165) is 11.1 Å². The largest absolute Gasteiger partial charge is 0.320 e. The van der Waals surface area contributed by atoms with E-state index >= 15 is 0 Å². The van der Waals surface area contributed by atoms with E-state index in [1.165, 1.54) is 12.1 Å². The highest BCUT2D eigenvalue weighted by atomic mass is 35.5. The number of carbonyl (C=O) groups is 1. The molecule has 0 saturated carbocycles. The third kappa shape index (κ3) is 4.78. The minimum Gasteiger partial charge on any atom is -0.320 e. The molecule has 0 aliphatic heterocycles. The Morgan fingerprint density at radius 1 is 1.10 bits per heavy atom. The van der Waals surface area contributed by atoms with Crippen molar-refractivity contribution in [1.82, 2.24) is 0 Å². The Hall–Kier alpha value is -2.40. The lowest BCUT2D eigenvalue weighted by atomic mass is 10.0. The van der Waals surface area contributed by atoms with E-state index in [1.807, 2.05) is 31.2 Å². The summed E-state index contributed by atoms with van der Waals surface area (Å²) in [4.78, 5) is 14.6. The standard InChI is InChI=1S/C23H21Cl2FN2O/c1-14-4-3-5-18(12-14)28(23(29)15(2)27)21-11-10-20(24)22(25)19(21)13-16-6-8-17(26)9-7-16/h3-12,15H,13,27H2,1-2H3. The van der Waals surface area contributed by atoms with E-state index in [-0.39, 0.29) is 11.7 Å². The van der Waals surface area contributed by atoms with E-state index in [9.17, 15) is 9.18 Å². The van der Waals surface area contributed by atoms with Gasteiger partial charge in [0, 0.05) is 17.7 Å². The number of amides is 1. The Morgan fingerprint density at radius 3 is 2.41 bits per heavy atom. The Bertz CT molecular complexity index is 1040. The Labute approximate surface area is 179 Å². The third-order valence-corrected chi connectivity index (χ3v) is 5.42. The molecule has 3 nitrogen and oxygen atoms in total. The van der Waals surface area contributed by atoms with Crippen LogP contribution in [0.15, 0.2) is 60.7 Å². The summed E-state index contributed by atoms with van der Waals surface area (Å²) < 4.78 is 13.3. The Balaban J connectivity index is 2.18. The van der Waals surface area contributed by atoms with Gasteiger partial charge in [0.2, 0.25) is 5.91 Å². The molecule has 3 aromatic carbocycles. The Kier molecular flexibility index (Phi) is 6.58. The number of carbonyl (C=O) groups excluding carboxylic acids is 1. The van der Waals surface area contributed by atoms with Gasteiger partial charge in [-0.05, 0) is 61.4 Å². The van der Waals surface area contributed by atoms with Crippen molar-refractivity contribution in [3.63, 3.8) is 0 Å². The van der Waals surface area contributed by atoms with Gasteiger partial charge in [0.25, 0.3) is 0 Å². The summed E-state index contributed by atoms with van der Waals surface area (Å²) in [7, 11) is 0. The molecule has 0 saturated heterocycles. The molecule has 0 spiro atoms. The molecule has 0 bridgehead atoms. The second-order valence-corrected chi connectivity index (χ2v) is 7.75. The van der Waals surface area contributed by atoms with Crippen LogP contribution < -0.4 is 10.6 Å². The second-order valence-electron chi connectivity index (χ2n) is 6.96. The molecule has 0 aromatic heterocycles. The highest BCUT2D eigenvalue weighted by molar-refractivity contribution is 6.42. The SMILES string of the molecule is Cc1cccc(N(C(=O)C(C)N)c2ccc(Cl)c(Cl)c2Cc2ccc(F)cc2)c1. The minimum absolute atomic E-state index is 0.269. The van der Waals surface area contributed by atoms with Gasteiger partial charge in [-0.15, -0.1) is 0 Å². The van der Waals surface area contributed by atoms with Crippen LogP contribution in [-0.2, 0) is 11.2 Å². The normalized spacial score (nSPS) is 11.9. The van der Waals surface area contributed by atoms with Crippen LogP contribution in [0.2, 0.25) is 10.0 Å². The van der Waals surface area contributed by atoms with E-state index in [0.29, 0.717) is 33.4 Å². The van der Waals surface area contributed by atoms with Gasteiger partial charge in [0.15, 0.2) is 0 Å². The monoisotopic (exact) mass is 430 g/mol. The van der Waals surface area contributed by atoms with Crippen LogP contribution in [0, 0.1) is 12.7 Å². The summed E-state index contributed by atoms with van der Waals surface area (Å²) in [5, 5.41) is 0.730. The van der Waals surface area contributed by atoms with Gasteiger partial charge in [-0.25, -0.2) is 4.39 Å². The molecule has 3 rings (SSSR count). The third-order valence-electron chi connectivity index (χ3n) is 4.58. The molecule has 2 N–H and O–H groups in total. The van der Waals surface area contributed by atoms with Crippen molar-refractivity contribution in [2.45, 2.75) is 26.3 Å². The molecule has 0 heterocycles. The van der Waals surface area contributed by atoms with Gasteiger partial charge in [-0.2, -0.15) is 0 Å². The van der Waals surface area contributed by atoms with Crippen LogP contribution in [0.5, 0.6) is 0 Å². The number of anilines is 2. The fraction of sp³-hybridized carbons (Fsp3) is 0.174. The number of benzene rings is 3. The average molecular weight is 431 g/mol. The molecule has 29 heavy (non-hydrogen) atoms. The molecule has 0 radical (unpaired) electrons. The molecular formula is C23H21Cl2FN2O. The maximum absolute atomic E-state index is 13.3. The maximum Gasteiger partial charge on any atom is 0.248 e. The fourth-order valence-corrected chi connectivity index (χ4v) is 3.53. The summed E-state index contributed by atoms with van der Waals surface area (Å²) >= 11 is 12.8. The van der Waals surface area contributed by atoms with Crippen LogP contribution in [0.3, 0.4) is 0 Å². The van der Waals surface area contributed by atoms with Crippen LogP contribution in [0.25, 0.3) is 0 Å². The van der Waals surface area contributed by atoms with Gasteiger partial charge in [-0.3, -0.25) is 9.69 Å². The van der Waals surface area contributed by atoms with Crippen molar-refractivity contribution >= 4 is 40.5 Å². The van der Waals surface area contributed by atoms with E-state index < -0.39 is 6.04 Å². The number of hydrogen-bond acceptors (Lipinski definition) is 2. The molecule has 1 unspecified atom stereocenters. The first-order valence-corrected chi connectivity index (χ1v) is 9.91. The van der Waals surface area contributed by atoms with Crippen molar-refractivity contribution < 1.29 is 9.18 Å². The number of nitrogens with two attached hydrogens (primary N) is 1. The lowest BCUT2D eigenvalue weighted by molar-refractivity contribution is -0.118. The lowest BCUT2D eigenvalue weighted by Crippen LogP contribution is -2.40. The summed E-state index contributed by atoms with van der Waals surface area (Å²) in [6.45, 7) is 3.59. The minimum atomic E-state index is -0.719. The summed E-state index contributed by atoms with van der Waals surface area (Å²) in [6.07, 6.45) is 0.379. The number of aryl methyl sites for hydroxylation is 1. The van der Waals surface area contributed by atoms with E-state index in [2.05, 4.69) is 0 Å². The summed E-state index contributed by atoms with van der Waals surface area (Å²) in [6, 6.07) is 16.4. The molecule has 3 aromatic rings. The van der Waals surface area contributed by atoms with E-state index in [1.54, 1.807) is 36.1 Å². The van der Waals surface area contributed by atoms with Crippen LogP contribution in [0.1, 0.15) is 23.6 Å². The topological polar surface area (TPSA) is 46.3 Å². The average Bonchev–Trinajstić information content (AvgIpc) is 2.68. The zero-order valence-electron chi connectivity index (χ0n) is 16.1. The quantitative estimate of drug-likeness (QED) is 0.535. The smallest absolute Gasteiger partial charge is 0.248 e. The summed E-state index contributed by atoms with van der Waals surface area (Å²) in [5.74, 6) is -0.589. The first kappa shape index (κ1) is 21.3. The maximum atomic E-state index is 13.3. The van der Waals surface area contributed by atoms with Crippen molar-refractivity contribution in [2.24, 2.45) is 5.73 Å². The zero-order valence-corrected chi connectivity index (χ0v) is 17.6. The highest BCUT2D eigenvalue weighted by Gasteiger charge is 2.25. The number of rotatable bonds is 5. The van der Waals surface area contributed by atoms with Crippen molar-refractivity contribution in [3.05, 3.63) is 93.2 Å². The van der Waals surface area contributed by atoms with E-state index in [4.69, 9.17) is 28.9 Å². The zero-order chi connectivity index (χ0) is 21.1. The van der Waals surface area contributed by atoms with Crippen molar-refractivity contribution in [1.29, 1.82) is 0 Å². The van der Waals surface area contributed by atoms with Crippen molar-refractivity contribution in [3.8, 4) is 0 Å². The van der Waals surface area contributed by atoms with Crippen LogP contribution in [0.4, 0.5) is 15.8 Å². The molecule has 0 fully saturated rings. The van der Waals surface area contributed by atoms with Crippen molar-refractivity contribution in [2.75, 3.05) is 4.90 Å². The highest BCUT2D eigenvalue weighted by Crippen LogP contribution is 2.38. The first-order chi connectivity index (χ1) is 13.8. The molecule has 1 atom stereocenters. The first-order valence-electron chi connectivity index (χ1n) is 9.15. The van der Waals surface area contributed by atoms with Gasteiger partial charge in [0.05, 0.1) is 21.8 Å². The van der Waals surface area contributed by atoms with Crippen LogP contribution in [-0.4, -0.2) is 11.9 Å². The molecular weight excluding hydrogens is 410 g/mol. The second kappa shape index (κ2) is 8.95. The number of hydrogen-bond donors (Lipinski definition) is 1. The Morgan fingerprint density at radius 2 is 1.79 bits per heavy atom. The van der Waals surface area contributed by atoms with Crippen LogP contribution >= 0.6 is 23.2 Å². The number of nitrogens with zero attached hydrogens (tertiary/aromatic N) is 1. The predicted molar refractivity (Wildman–Crippen MR) is 118 cm³/mol. The lowest BCUT2D eigenvalue weighted by Gasteiger charge is -2.28. The van der Waals surface area contributed by atoms with Gasteiger partial charge in [-0.1, -0.05) is 47.5 Å². The van der Waals surface area contributed by atoms with Gasteiger partial charge < -0.3 is 5.73 Å². The molecule has 1 amide bonds. The molecule has 0 aliphatic carbocycles. The predicted octanol–water partition coefficient (Wildman–Crippen LogP) is 6.04.